The van der Waals surface area contributed by atoms with E-state index in [0.29, 0.717) is 16.9 Å². The van der Waals surface area contributed by atoms with Gasteiger partial charge in [0.15, 0.2) is 12.2 Å². The first-order valence-corrected chi connectivity index (χ1v) is 8.37. The number of fused-ring (bicyclic) bond motifs is 1. The summed E-state index contributed by atoms with van der Waals surface area (Å²) in [5.74, 6) is -1.53. The highest BCUT2D eigenvalue weighted by atomic mass is 16.5. The molecule has 0 aliphatic heterocycles. The number of furan rings is 1. The van der Waals surface area contributed by atoms with Crippen molar-refractivity contribution in [2.75, 3.05) is 6.61 Å². The van der Waals surface area contributed by atoms with Crippen molar-refractivity contribution < 1.29 is 28.0 Å². The first-order valence-electron chi connectivity index (χ1n) is 8.37. The van der Waals surface area contributed by atoms with Crippen LogP contribution in [-0.4, -0.2) is 29.1 Å². The van der Waals surface area contributed by atoms with Crippen LogP contribution in [0.3, 0.4) is 0 Å². The number of aromatic nitrogens is 1. The highest BCUT2D eigenvalue weighted by molar-refractivity contribution is 5.95. The Morgan fingerprint density at radius 1 is 1.11 bits per heavy atom. The molecule has 0 saturated carbocycles. The summed E-state index contributed by atoms with van der Waals surface area (Å²) in [6.07, 6.45) is 1.32. The summed E-state index contributed by atoms with van der Waals surface area (Å²) >= 11 is 0. The molecule has 0 radical (unpaired) electrons. The van der Waals surface area contributed by atoms with Gasteiger partial charge >= 0.3 is 17.8 Å². The Kier molecular flexibility index (Phi) is 5.90. The van der Waals surface area contributed by atoms with Gasteiger partial charge in [0.05, 0.1) is 24.7 Å². The molecule has 0 aliphatic carbocycles. The van der Waals surface area contributed by atoms with Gasteiger partial charge in [-0.25, -0.2) is 9.59 Å². The number of oxazole rings is 1. The standard InChI is InChI=1S/C18H17N3O7/c22-15(20-17(24)19-10-12-4-3-9-26-12)11-27-16(23)7-8-21-13-5-1-2-6-14(13)28-18(21)25/h1-6,9H,7-8,10-11H2,(H2,19,20,22,24). The lowest BCUT2D eigenvalue weighted by Gasteiger charge is -2.07. The van der Waals surface area contributed by atoms with E-state index in [9.17, 15) is 19.2 Å². The number of urea groups is 1. The lowest BCUT2D eigenvalue weighted by atomic mass is 10.3. The van der Waals surface area contributed by atoms with Crippen LogP contribution in [-0.2, 0) is 27.4 Å². The van der Waals surface area contributed by atoms with Crippen LogP contribution in [0.1, 0.15) is 12.2 Å². The number of nitrogens with one attached hydrogen (secondary N) is 2. The average Bonchev–Trinajstić information content (AvgIpc) is 3.30. The van der Waals surface area contributed by atoms with Crippen molar-refractivity contribution in [2.24, 2.45) is 0 Å². The normalized spacial score (nSPS) is 10.6. The van der Waals surface area contributed by atoms with Crippen LogP contribution in [0.2, 0.25) is 0 Å². The van der Waals surface area contributed by atoms with E-state index in [1.807, 2.05) is 5.32 Å². The van der Waals surface area contributed by atoms with E-state index in [0.717, 1.165) is 0 Å². The Bertz CT molecular complexity index is 1030. The second-order valence-corrected chi connectivity index (χ2v) is 5.71. The Labute approximate surface area is 158 Å². The van der Waals surface area contributed by atoms with E-state index in [1.165, 1.54) is 10.8 Å². The molecule has 10 heteroatoms. The zero-order chi connectivity index (χ0) is 19.9. The molecule has 3 rings (SSSR count). The molecular formula is C18H17N3O7. The van der Waals surface area contributed by atoms with Gasteiger partial charge in [-0.2, -0.15) is 0 Å². The quantitative estimate of drug-likeness (QED) is 0.581. The first kappa shape index (κ1) is 19.0. The van der Waals surface area contributed by atoms with Gasteiger partial charge in [0, 0.05) is 6.54 Å². The number of benzene rings is 1. The number of nitrogens with zero attached hydrogens (tertiary/aromatic N) is 1. The van der Waals surface area contributed by atoms with Crippen LogP contribution in [0.4, 0.5) is 4.79 Å². The van der Waals surface area contributed by atoms with Gasteiger partial charge in [-0.1, -0.05) is 12.1 Å². The second kappa shape index (κ2) is 8.71. The fourth-order valence-corrected chi connectivity index (χ4v) is 2.43. The Balaban J connectivity index is 1.40. The third-order valence-corrected chi connectivity index (χ3v) is 3.73. The summed E-state index contributed by atoms with van der Waals surface area (Å²) in [4.78, 5) is 46.8. The lowest BCUT2D eigenvalue weighted by Crippen LogP contribution is -2.41. The third kappa shape index (κ3) is 4.87. The summed E-state index contributed by atoms with van der Waals surface area (Å²) in [5, 5.41) is 4.44. The van der Waals surface area contributed by atoms with Crippen molar-refractivity contribution >= 4 is 29.0 Å². The molecule has 28 heavy (non-hydrogen) atoms. The second-order valence-electron chi connectivity index (χ2n) is 5.71. The number of ether oxygens (including phenoxy) is 1. The van der Waals surface area contributed by atoms with Crippen LogP contribution >= 0.6 is 0 Å². The number of amides is 3. The molecule has 0 unspecified atom stereocenters. The average molecular weight is 387 g/mol. The molecule has 0 spiro atoms. The molecule has 10 nitrogen and oxygen atoms in total. The van der Waals surface area contributed by atoms with Gasteiger partial charge in [0.1, 0.15) is 5.76 Å². The van der Waals surface area contributed by atoms with Crippen molar-refractivity contribution in [3.8, 4) is 0 Å². The summed E-state index contributed by atoms with van der Waals surface area (Å²) in [5.41, 5.74) is 0.979. The van der Waals surface area contributed by atoms with Crippen molar-refractivity contribution in [2.45, 2.75) is 19.5 Å². The molecule has 3 aromatic rings. The van der Waals surface area contributed by atoms with Crippen molar-refractivity contribution in [1.82, 2.24) is 15.2 Å². The predicted octanol–water partition coefficient (Wildman–Crippen LogP) is 1.15. The molecule has 2 N–H and O–H groups in total. The minimum Gasteiger partial charge on any atom is -0.467 e. The van der Waals surface area contributed by atoms with Crippen LogP contribution in [0.25, 0.3) is 11.1 Å². The number of carbonyl (C=O) groups is 3. The van der Waals surface area contributed by atoms with Gasteiger partial charge in [-0.3, -0.25) is 19.5 Å². The van der Waals surface area contributed by atoms with E-state index < -0.39 is 30.3 Å². The molecule has 0 saturated heterocycles. The van der Waals surface area contributed by atoms with Gasteiger partial charge in [-0.05, 0) is 24.3 Å². The molecular weight excluding hydrogens is 370 g/mol. The highest BCUT2D eigenvalue weighted by Crippen LogP contribution is 2.12. The summed E-state index contributed by atoms with van der Waals surface area (Å²) in [6.45, 7) is -0.465. The van der Waals surface area contributed by atoms with Crippen molar-refractivity contribution in [3.63, 3.8) is 0 Å². The molecule has 0 bridgehead atoms. The summed E-state index contributed by atoms with van der Waals surface area (Å²) in [7, 11) is 0. The minimum atomic E-state index is -0.781. The number of hydrogen-bond donors (Lipinski definition) is 2. The lowest BCUT2D eigenvalue weighted by molar-refractivity contribution is -0.148. The molecule has 0 aliphatic rings. The molecule has 1 aromatic carbocycles. The molecule has 146 valence electrons. The van der Waals surface area contributed by atoms with Gasteiger partial charge < -0.3 is 18.9 Å². The number of aryl methyl sites for hydroxylation is 1. The fraction of sp³-hybridized carbons (Fsp3) is 0.222. The maximum atomic E-state index is 11.8. The zero-order valence-corrected chi connectivity index (χ0v) is 14.7. The minimum absolute atomic E-state index is 0.0416. The smallest absolute Gasteiger partial charge is 0.419 e. The van der Waals surface area contributed by atoms with E-state index in [2.05, 4.69) is 5.32 Å². The highest BCUT2D eigenvalue weighted by Gasteiger charge is 2.13. The maximum Gasteiger partial charge on any atom is 0.419 e. The van der Waals surface area contributed by atoms with E-state index in [4.69, 9.17) is 13.6 Å². The van der Waals surface area contributed by atoms with Crippen molar-refractivity contribution in [3.05, 3.63) is 59.0 Å². The van der Waals surface area contributed by atoms with Crippen molar-refractivity contribution in [1.29, 1.82) is 0 Å². The van der Waals surface area contributed by atoms with E-state index in [-0.39, 0.29) is 19.5 Å². The fourth-order valence-electron chi connectivity index (χ4n) is 2.43. The number of hydrogen-bond acceptors (Lipinski definition) is 7. The predicted molar refractivity (Wildman–Crippen MR) is 95.1 cm³/mol. The maximum absolute atomic E-state index is 11.8. The van der Waals surface area contributed by atoms with Gasteiger partial charge in [0.25, 0.3) is 5.91 Å². The van der Waals surface area contributed by atoms with Crippen LogP contribution in [0.5, 0.6) is 0 Å². The molecule has 3 amide bonds. The number of para-hydroxylation sites is 2. The molecule has 2 heterocycles. The number of carbonyl (C=O) groups excluding carboxylic acids is 3. The monoisotopic (exact) mass is 387 g/mol. The van der Waals surface area contributed by atoms with Crippen LogP contribution < -0.4 is 16.4 Å². The van der Waals surface area contributed by atoms with Gasteiger partial charge in [-0.15, -0.1) is 0 Å². The topological polar surface area (TPSA) is 133 Å². The third-order valence-electron chi connectivity index (χ3n) is 3.73. The number of rotatable bonds is 7. The number of esters is 1. The zero-order valence-electron chi connectivity index (χ0n) is 14.7. The van der Waals surface area contributed by atoms with Crippen LogP contribution in [0, 0.1) is 0 Å². The van der Waals surface area contributed by atoms with E-state index >= 15 is 0 Å². The van der Waals surface area contributed by atoms with Crippen LogP contribution in [0.15, 0.2) is 56.3 Å². The largest absolute Gasteiger partial charge is 0.467 e. The Hall–Kier alpha value is -3.82. The number of imide groups is 1. The Morgan fingerprint density at radius 2 is 1.93 bits per heavy atom. The Morgan fingerprint density at radius 3 is 2.71 bits per heavy atom. The first-order chi connectivity index (χ1) is 13.5. The summed E-state index contributed by atoms with van der Waals surface area (Å²) in [6, 6.07) is 9.40. The molecule has 0 fully saturated rings. The SMILES string of the molecule is O=C(COC(=O)CCn1c(=O)oc2ccccc21)NC(=O)NCc1ccco1. The summed E-state index contributed by atoms with van der Waals surface area (Å²) < 4.78 is 16.2. The van der Waals surface area contributed by atoms with Gasteiger partial charge in [0.2, 0.25) is 0 Å². The molecule has 2 aromatic heterocycles. The molecule has 0 atom stereocenters. The van der Waals surface area contributed by atoms with E-state index in [1.54, 1.807) is 36.4 Å².